The van der Waals surface area contributed by atoms with Crippen molar-refractivity contribution in [3.05, 3.63) is 24.3 Å². The molecule has 6 heteroatoms. The number of anilines is 1. The van der Waals surface area contributed by atoms with E-state index in [-0.39, 0.29) is 24.4 Å². The van der Waals surface area contributed by atoms with Gasteiger partial charge in [0.1, 0.15) is 5.75 Å². The van der Waals surface area contributed by atoms with Crippen molar-refractivity contribution in [2.75, 3.05) is 32.1 Å². The molecule has 0 bridgehead atoms. The zero-order valence-corrected chi connectivity index (χ0v) is 14.7. The van der Waals surface area contributed by atoms with E-state index in [0.717, 1.165) is 11.4 Å². The van der Waals surface area contributed by atoms with E-state index < -0.39 is 0 Å². The molecule has 0 radical (unpaired) electrons. The van der Waals surface area contributed by atoms with Gasteiger partial charge in [0.15, 0.2) is 13.1 Å². The van der Waals surface area contributed by atoms with Crippen LogP contribution >= 0.6 is 0 Å². The third-order valence-electron chi connectivity index (χ3n) is 4.39. The van der Waals surface area contributed by atoms with Gasteiger partial charge in [0.05, 0.1) is 13.7 Å². The lowest BCUT2D eigenvalue weighted by atomic mass is 10.2. The first kappa shape index (κ1) is 18.3. The standard InChI is InChI=1S/C18H27N3O3/c1-4-21(11-17(22)19-13(2)14-8-9-14)12-18(23)20-15-6-5-7-16(10-15)24-3/h5-7,10,13-14H,4,8-9,11-12H2,1-3H3,(H,19,22)(H,20,23)/p+1/t13-/m0/s1. The summed E-state index contributed by atoms with van der Waals surface area (Å²) in [5.41, 5.74) is 0.696. The Labute approximate surface area is 143 Å². The van der Waals surface area contributed by atoms with Crippen LogP contribution < -0.4 is 20.3 Å². The molecule has 0 aromatic heterocycles. The Morgan fingerprint density at radius 2 is 2.00 bits per heavy atom. The second-order valence-electron chi connectivity index (χ2n) is 6.43. The van der Waals surface area contributed by atoms with Gasteiger partial charge in [0.25, 0.3) is 11.8 Å². The molecule has 1 aliphatic carbocycles. The quantitative estimate of drug-likeness (QED) is 0.614. The van der Waals surface area contributed by atoms with Crippen molar-refractivity contribution in [3.8, 4) is 5.75 Å². The van der Waals surface area contributed by atoms with Crippen molar-refractivity contribution in [3.63, 3.8) is 0 Å². The number of carbonyl (C=O) groups excluding carboxylic acids is 2. The number of rotatable bonds is 9. The van der Waals surface area contributed by atoms with Gasteiger partial charge in [-0.15, -0.1) is 0 Å². The number of quaternary nitrogens is 1. The van der Waals surface area contributed by atoms with Crippen LogP contribution in [0.5, 0.6) is 5.75 Å². The maximum absolute atomic E-state index is 12.2. The number of nitrogens with one attached hydrogen (secondary N) is 3. The van der Waals surface area contributed by atoms with Crippen LogP contribution in [0.2, 0.25) is 0 Å². The molecule has 1 aromatic carbocycles. The number of carbonyl (C=O) groups is 2. The Kier molecular flexibility index (Phi) is 6.61. The van der Waals surface area contributed by atoms with Gasteiger partial charge in [-0.2, -0.15) is 0 Å². The highest BCUT2D eigenvalue weighted by Crippen LogP contribution is 2.32. The maximum atomic E-state index is 12.2. The predicted molar refractivity (Wildman–Crippen MR) is 93.2 cm³/mol. The predicted octanol–water partition coefficient (Wildman–Crippen LogP) is 0.453. The van der Waals surface area contributed by atoms with E-state index in [0.29, 0.717) is 23.9 Å². The van der Waals surface area contributed by atoms with Crippen molar-refractivity contribution in [1.82, 2.24) is 5.32 Å². The van der Waals surface area contributed by atoms with Gasteiger partial charge < -0.3 is 20.3 Å². The Hall–Kier alpha value is -2.08. The first-order valence-electron chi connectivity index (χ1n) is 8.58. The van der Waals surface area contributed by atoms with Gasteiger partial charge in [-0.1, -0.05) is 6.07 Å². The molecular formula is C18H28N3O3+. The molecule has 2 amide bonds. The highest BCUT2D eigenvalue weighted by molar-refractivity contribution is 5.91. The molecule has 2 atom stereocenters. The van der Waals surface area contributed by atoms with Gasteiger partial charge >= 0.3 is 0 Å². The van der Waals surface area contributed by atoms with Crippen LogP contribution in [0.3, 0.4) is 0 Å². The summed E-state index contributed by atoms with van der Waals surface area (Å²) in [7, 11) is 1.59. The third kappa shape index (κ3) is 5.85. The molecule has 6 nitrogen and oxygen atoms in total. The summed E-state index contributed by atoms with van der Waals surface area (Å²) in [6, 6.07) is 7.47. The van der Waals surface area contributed by atoms with E-state index in [4.69, 9.17) is 4.74 Å². The van der Waals surface area contributed by atoms with E-state index in [1.807, 2.05) is 25.1 Å². The number of ether oxygens (including phenoxy) is 1. The van der Waals surface area contributed by atoms with Crippen molar-refractivity contribution in [1.29, 1.82) is 0 Å². The second-order valence-corrected chi connectivity index (χ2v) is 6.43. The Balaban J connectivity index is 1.79. The molecule has 3 N–H and O–H groups in total. The molecule has 1 aliphatic rings. The van der Waals surface area contributed by atoms with Gasteiger partial charge in [0, 0.05) is 17.8 Å². The Bertz CT molecular complexity index is 572. The monoisotopic (exact) mass is 334 g/mol. The fourth-order valence-corrected chi connectivity index (χ4v) is 2.69. The normalized spacial score (nSPS) is 16.1. The average molecular weight is 334 g/mol. The summed E-state index contributed by atoms with van der Waals surface area (Å²) in [4.78, 5) is 25.2. The Morgan fingerprint density at radius 3 is 2.62 bits per heavy atom. The lowest BCUT2D eigenvalue weighted by Crippen LogP contribution is -3.14. The summed E-state index contributed by atoms with van der Waals surface area (Å²) in [5.74, 6) is 1.24. The lowest BCUT2D eigenvalue weighted by molar-refractivity contribution is -0.881. The number of benzene rings is 1. The first-order valence-corrected chi connectivity index (χ1v) is 8.58. The van der Waals surface area contributed by atoms with E-state index >= 15 is 0 Å². The van der Waals surface area contributed by atoms with Crippen LogP contribution in [0, 0.1) is 5.92 Å². The van der Waals surface area contributed by atoms with E-state index in [9.17, 15) is 9.59 Å². The van der Waals surface area contributed by atoms with Crippen LogP contribution in [-0.4, -0.2) is 44.6 Å². The molecule has 132 valence electrons. The maximum Gasteiger partial charge on any atom is 0.279 e. The van der Waals surface area contributed by atoms with Gasteiger partial charge in [0.2, 0.25) is 0 Å². The summed E-state index contributed by atoms with van der Waals surface area (Å²) < 4.78 is 5.14. The van der Waals surface area contributed by atoms with Crippen LogP contribution in [-0.2, 0) is 9.59 Å². The summed E-state index contributed by atoms with van der Waals surface area (Å²) in [5, 5.41) is 5.89. The zero-order chi connectivity index (χ0) is 17.5. The molecular weight excluding hydrogens is 306 g/mol. The fraction of sp³-hybridized carbons (Fsp3) is 0.556. The van der Waals surface area contributed by atoms with Crippen molar-refractivity contribution >= 4 is 17.5 Å². The summed E-state index contributed by atoms with van der Waals surface area (Å²) in [6.45, 7) is 5.33. The van der Waals surface area contributed by atoms with E-state index in [1.165, 1.54) is 12.8 Å². The molecule has 0 aliphatic heterocycles. The number of amides is 2. The number of hydrogen-bond acceptors (Lipinski definition) is 3. The average Bonchev–Trinajstić information content (AvgIpc) is 3.39. The Morgan fingerprint density at radius 1 is 1.29 bits per heavy atom. The van der Waals surface area contributed by atoms with Gasteiger partial charge in [-0.3, -0.25) is 9.59 Å². The first-order chi connectivity index (χ1) is 11.5. The smallest absolute Gasteiger partial charge is 0.279 e. The number of hydrogen-bond donors (Lipinski definition) is 3. The topological polar surface area (TPSA) is 71.9 Å². The molecule has 1 unspecified atom stereocenters. The van der Waals surface area contributed by atoms with Gasteiger partial charge in [-0.25, -0.2) is 0 Å². The molecule has 24 heavy (non-hydrogen) atoms. The van der Waals surface area contributed by atoms with Crippen molar-refractivity contribution in [2.24, 2.45) is 5.92 Å². The van der Waals surface area contributed by atoms with Crippen molar-refractivity contribution in [2.45, 2.75) is 32.7 Å². The molecule has 0 spiro atoms. The molecule has 1 aromatic rings. The fourth-order valence-electron chi connectivity index (χ4n) is 2.69. The second kappa shape index (κ2) is 8.68. The molecule has 0 saturated heterocycles. The molecule has 1 fully saturated rings. The SMILES string of the molecule is CC[NH+](CC(=O)Nc1cccc(OC)c1)CC(=O)N[C@@H](C)C1CC1. The molecule has 1 saturated carbocycles. The minimum Gasteiger partial charge on any atom is -0.497 e. The molecule has 2 rings (SSSR count). The van der Waals surface area contributed by atoms with E-state index in [1.54, 1.807) is 13.2 Å². The summed E-state index contributed by atoms with van der Waals surface area (Å²) >= 11 is 0. The van der Waals surface area contributed by atoms with E-state index in [2.05, 4.69) is 17.6 Å². The highest BCUT2D eigenvalue weighted by atomic mass is 16.5. The summed E-state index contributed by atoms with van der Waals surface area (Å²) in [6.07, 6.45) is 2.41. The van der Waals surface area contributed by atoms with Crippen LogP contribution in [0.4, 0.5) is 5.69 Å². The lowest BCUT2D eigenvalue weighted by Gasteiger charge is -2.19. The van der Waals surface area contributed by atoms with Gasteiger partial charge in [-0.05, 0) is 44.7 Å². The van der Waals surface area contributed by atoms with Crippen LogP contribution in [0.25, 0.3) is 0 Å². The van der Waals surface area contributed by atoms with Crippen molar-refractivity contribution < 1.29 is 19.2 Å². The largest absolute Gasteiger partial charge is 0.497 e. The van der Waals surface area contributed by atoms with Crippen LogP contribution in [0.1, 0.15) is 26.7 Å². The number of likely N-dealkylation sites (N-methyl/N-ethyl adjacent to an activating group) is 1. The molecule has 0 heterocycles. The highest BCUT2D eigenvalue weighted by Gasteiger charge is 2.29. The number of methoxy groups -OCH3 is 1. The minimum absolute atomic E-state index is 0.0143. The van der Waals surface area contributed by atoms with Crippen LogP contribution in [0.15, 0.2) is 24.3 Å². The third-order valence-corrected chi connectivity index (χ3v) is 4.39. The zero-order valence-electron chi connectivity index (χ0n) is 14.7. The minimum atomic E-state index is -0.108.